The van der Waals surface area contributed by atoms with Gasteiger partial charge in [-0.3, -0.25) is 4.79 Å². The Morgan fingerprint density at radius 2 is 1.38 bits per heavy atom. The van der Waals surface area contributed by atoms with Crippen molar-refractivity contribution in [2.75, 3.05) is 6.61 Å². The van der Waals surface area contributed by atoms with Crippen LogP contribution in [-0.4, -0.2) is 12.6 Å². The fourth-order valence-electron chi connectivity index (χ4n) is 1.83. The van der Waals surface area contributed by atoms with Crippen LogP contribution in [0.1, 0.15) is 71.9 Å². The second-order valence-corrected chi connectivity index (χ2v) is 5.07. The molecular formula is C22H34O2. The normalized spacial score (nSPS) is 16.8. The first kappa shape index (κ1) is 14.5. The first-order valence-electron chi connectivity index (χ1n) is 11.1. The lowest BCUT2D eigenvalue weighted by Gasteiger charge is -1.98. The summed E-state index contributed by atoms with van der Waals surface area (Å²) in [6.45, 7) is -0.384. The number of unbranched alkanes of at least 4 members (excludes halogenated alkanes) is 1. The van der Waals surface area contributed by atoms with E-state index in [0.29, 0.717) is 19.4 Å². The Kier molecular flexibility index (Phi) is 11.6. The first-order chi connectivity index (χ1) is 13.7. The van der Waals surface area contributed by atoms with Crippen molar-refractivity contribution in [3.8, 4) is 0 Å². The summed E-state index contributed by atoms with van der Waals surface area (Å²) in [5, 5.41) is 0. The average Bonchev–Trinajstić information content (AvgIpc) is 2.63. The van der Waals surface area contributed by atoms with Crippen LogP contribution in [-0.2, 0) is 9.53 Å². The summed E-state index contributed by atoms with van der Waals surface area (Å²) in [6.07, 6.45) is 21.9. The summed E-state index contributed by atoms with van der Waals surface area (Å²) in [5.41, 5.74) is 0. The molecule has 0 aromatic heterocycles. The molecule has 0 spiro atoms. The van der Waals surface area contributed by atoms with Crippen LogP contribution in [0.15, 0.2) is 60.8 Å². The summed E-state index contributed by atoms with van der Waals surface area (Å²) < 4.78 is 41.1. The van der Waals surface area contributed by atoms with E-state index in [2.05, 4.69) is 36.5 Å². The molecule has 0 atom stereocenters. The fraction of sp³-hybridized carbons (Fsp3) is 0.500. The molecule has 0 bridgehead atoms. The van der Waals surface area contributed by atoms with Crippen molar-refractivity contribution in [3.63, 3.8) is 0 Å². The largest absolute Gasteiger partial charge is 0.466 e. The molecule has 0 aliphatic carbocycles. The summed E-state index contributed by atoms with van der Waals surface area (Å²) >= 11 is 0. The summed E-state index contributed by atoms with van der Waals surface area (Å²) in [7, 11) is 0. The molecule has 2 nitrogen and oxygen atoms in total. The van der Waals surface area contributed by atoms with Crippen molar-refractivity contribution >= 4 is 5.97 Å². The molecule has 0 rings (SSSR count). The van der Waals surface area contributed by atoms with E-state index in [1.54, 1.807) is 6.08 Å². The van der Waals surface area contributed by atoms with Gasteiger partial charge in [-0.05, 0) is 51.8 Å². The van der Waals surface area contributed by atoms with E-state index in [-0.39, 0.29) is 5.97 Å². The molecule has 0 heterocycles. The molecule has 134 valence electrons. The zero-order chi connectivity index (χ0) is 22.0. The monoisotopic (exact) mass is 335 g/mol. The summed E-state index contributed by atoms with van der Waals surface area (Å²) in [5.74, 6) is -0.130. The van der Waals surface area contributed by atoms with Crippen LogP contribution >= 0.6 is 0 Å². The molecule has 0 saturated carbocycles. The fourth-order valence-corrected chi connectivity index (χ4v) is 1.83. The Morgan fingerprint density at radius 3 is 1.88 bits per heavy atom. The Morgan fingerprint density at radius 1 is 0.875 bits per heavy atom. The van der Waals surface area contributed by atoms with E-state index >= 15 is 0 Å². The zero-order valence-electron chi connectivity index (χ0n) is 19.7. The molecule has 0 amide bonds. The van der Waals surface area contributed by atoms with Gasteiger partial charge in [0.2, 0.25) is 0 Å². The van der Waals surface area contributed by atoms with Crippen LogP contribution in [0.3, 0.4) is 0 Å². The van der Waals surface area contributed by atoms with Crippen LogP contribution in [0.5, 0.6) is 0 Å². The number of carbonyl (C=O) groups excluding carboxylic acids is 1. The number of esters is 1. The van der Waals surface area contributed by atoms with Gasteiger partial charge >= 0.3 is 5.97 Å². The number of rotatable bonds is 14. The molecule has 0 unspecified atom stereocenters. The lowest BCUT2D eigenvalue weighted by atomic mass is 10.2. The van der Waals surface area contributed by atoms with Gasteiger partial charge < -0.3 is 4.74 Å². The Hall–Kier alpha value is -1.83. The van der Waals surface area contributed by atoms with E-state index in [1.807, 2.05) is 19.1 Å². The van der Waals surface area contributed by atoms with Gasteiger partial charge in [0, 0.05) is 13.3 Å². The van der Waals surface area contributed by atoms with Crippen LogP contribution < -0.4 is 0 Å². The lowest BCUT2D eigenvalue weighted by Crippen LogP contribution is -2.02. The molecule has 0 aromatic carbocycles. The zero-order valence-corrected chi connectivity index (χ0v) is 14.7. The SMILES string of the molecule is [2H]C([2H])([2H])C([2H])([2H])C=CCC=CCC=CCC=CCC=CCCCC(=O)OCC. The van der Waals surface area contributed by atoms with Crippen molar-refractivity contribution in [2.24, 2.45) is 0 Å². The van der Waals surface area contributed by atoms with Gasteiger partial charge in [-0.15, -0.1) is 0 Å². The number of hydrogen-bond acceptors (Lipinski definition) is 2. The highest BCUT2D eigenvalue weighted by atomic mass is 16.5. The number of allylic oxidation sites excluding steroid dienone is 10. The Balaban J connectivity index is 3.75. The Labute approximate surface area is 155 Å². The highest BCUT2D eigenvalue weighted by Gasteiger charge is 1.98. The summed E-state index contributed by atoms with van der Waals surface area (Å²) in [4.78, 5) is 11.2. The molecule has 24 heavy (non-hydrogen) atoms. The Bertz CT molecular complexity index is 585. The maximum absolute atomic E-state index is 11.2. The van der Waals surface area contributed by atoms with Crippen molar-refractivity contribution in [2.45, 2.75) is 65.1 Å². The molecule has 0 aliphatic rings. The second kappa shape index (κ2) is 19.2. The summed E-state index contributed by atoms with van der Waals surface area (Å²) in [6, 6.07) is 0. The smallest absolute Gasteiger partial charge is 0.305 e. The predicted molar refractivity (Wildman–Crippen MR) is 105 cm³/mol. The van der Waals surface area contributed by atoms with Crippen molar-refractivity contribution in [1.29, 1.82) is 0 Å². The average molecular weight is 336 g/mol. The molecule has 0 saturated heterocycles. The third-order valence-electron chi connectivity index (χ3n) is 3.01. The van der Waals surface area contributed by atoms with Crippen molar-refractivity contribution in [1.82, 2.24) is 0 Å². The maximum Gasteiger partial charge on any atom is 0.305 e. The maximum atomic E-state index is 11.2. The molecular weight excluding hydrogens is 296 g/mol. The third-order valence-corrected chi connectivity index (χ3v) is 3.01. The predicted octanol–water partition coefficient (Wildman–Crippen LogP) is 6.47. The third kappa shape index (κ3) is 18.2. The minimum absolute atomic E-state index is 0.130. The van der Waals surface area contributed by atoms with Crippen molar-refractivity contribution in [3.05, 3.63) is 60.8 Å². The first-order valence-corrected chi connectivity index (χ1v) is 8.64. The van der Waals surface area contributed by atoms with E-state index in [1.165, 1.54) is 0 Å². The van der Waals surface area contributed by atoms with E-state index in [4.69, 9.17) is 11.6 Å². The van der Waals surface area contributed by atoms with Gasteiger partial charge in [0.1, 0.15) is 0 Å². The van der Waals surface area contributed by atoms with Gasteiger partial charge in [-0.2, -0.15) is 0 Å². The molecule has 0 N–H and O–H groups in total. The highest BCUT2D eigenvalue weighted by Crippen LogP contribution is 2.00. The van der Waals surface area contributed by atoms with Crippen LogP contribution in [0, 0.1) is 0 Å². The van der Waals surface area contributed by atoms with Gasteiger partial charge in [0.25, 0.3) is 0 Å². The lowest BCUT2D eigenvalue weighted by molar-refractivity contribution is -0.143. The molecule has 0 aromatic rings. The molecule has 0 radical (unpaired) electrons. The van der Waals surface area contributed by atoms with E-state index < -0.39 is 13.2 Å². The number of hydrogen-bond donors (Lipinski definition) is 0. The van der Waals surface area contributed by atoms with Crippen LogP contribution in [0.4, 0.5) is 0 Å². The number of ether oxygens (including phenoxy) is 1. The van der Waals surface area contributed by atoms with Gasteiger partial charge in [0.15, 0.2) is 0 Å². The molecule has 2 heteroatoms. The van der Waals surface area contributed by atoms with Gasteiger partial charge in [-0.1, -0.05) is 67.6 Å². The van der Waals surface area contributed by atoms with Crippen LogP contribution in [0.25, 0.3) is 0 Å². The van der Waals surface area contributed by atoms with Gasteiger partial charge in [-0.25, -0.2) is 0 Å². The van der Waals surface area contributed by atoms with E-state index in [9.17, 15) is 4.79 Å². The van der Waals surface area contributed by atoms with E-state index in [0.717, 1.165) is 38.2 Å². The molecule has 0 aliphatic heterocycles. The standard InChI is InChI=1S/C22H34O2/c1-3-5-6-7-8-9-10-11-12-13-14-15-16-17-18-19-20-21-22(23)24-4-2/h5-6,8-9,11-12,14-15,17-18H,3-4,7,10,13,16,19-21H2,1-2H3/i1D3,3D2. The number of carbonyl (C=O) groups is 1. The topological polar surface area (TPSA) is 26.3 Å². The highest BCUT2D eigenvalue weighted by molar-refractivity contribution is 5.69. The van der Waals surface area contributed by atoms with Gasteiger partial charge in [0.05, 0.1) is 6.61 Å². The quantitative estimate of drug-likeness (QED) is 0.206. The van der Waals surface area contributed by atoms with Crippen molar-refractivity contribution < 1.29 is 16.4 Å². The minimum atomic E-state index is -2.64. The second-order valence-electron chi connectivity index (χ2n) is 5.07. The molecule has 0 fully saturated rings. The minimum Gasteiger partial charge on any atom is -0.466 e. The van der Waals surface area contributed by atoms with Crippen LogP contribution in [0.2, 0.25) is 0 Å².